The molecule has 0 spiro atoms. The van der Waals surface area contributed by atoms with Crippen LogP contribution < -0.4 is 0 Å². The van der Waals surface area contributed by atoms with Gasteiger partial charge in [0.05, 0.1) is 11.8 Å². The Bertz CT molecular complexity index is 199. The van der Waals surface area contributed by atoms with Crippen molar-refractivity contribution in [1.29, 1.82) is 0 Å². The summed E-state index contributed by atoms with van der Waals surface area (Å²) < 4.78 is 73.1. The summed E-state index contributed by atoms with van der Waals surface area (Å²) >= 11 is 0. The topological polar surface area (TPSA) is 0 Å². The SMILES string of the molecule is FC(F)(F)C1CC=CCC1C(F)(F)F. The van der Waals surface area contributed by atoms with Gasteiger partial charge >= 0.3 is 12.4 Å². The van der Waals surface area contributed by atoms with Gasteiger partial charge in [0.1, 0.15) is 0 Å². The summed E-state index contributed by atoms with van der Waals surface area (Å²) in [7, 11) is 0. The van der Waals surface area contributed by atoms with E-state index in [9.17, 15) is 26.3 Å². The number of alkyl halides is 6. The van der Waals surface area contributed by atoms with E-state index in [-0.39, 0.29) is 0 Å². The molecular weight excluding hydrogens is 210 g/mol. The predicted octanol–water partition coefficient (Wildman–Crippen LogP) is 3.69. The van der Waals surface area contributed by atoms with Gasteiger partial charge in [0.25, 0.3) is 0 Å². The van der Waals surface area contributed by atoms with Gasteiger partial charge < -0.3 is 0 Å². The molecule has 0 bridgehead atoms. The molecule has 0 aromatic heterocycles. The monoisotopic (exact) mass is 218 g/mol. The smallest absolute Gasteiger partial charge is 0.171 e. The Morgan fingerprint density at radius 3 is 1.21 bits per heavy atom. The molecule has 0 radical (unpaired) electrons. The van der Waals surface area contributed by atoms with Crippen LogP contribution in [0, 0.1) is 11.8 Å². The molecule has 6 heteroatoms. The van der Waals surface area contributed by atoms with Crippen molar-refractivity contribution in [3.63, 3.8) is 0 Å². The van der Waals surface area contributed by atoms with Gasteiger partial charge in [0, 0.05) is 0 Å². The molecule has 2 atom stereocenters. The minimum absolute atomic E-state index is 0.576. The van der Waals surface area contributed by atoms with Gasteiger partial charge in [-0.2, -0.15) is 26.3 Å². The molecule has 2 unspecified atom stereocenters. The molecule has 0 aliphatic heterocycles. The molecule has 0 nitrogen and oxygen atoms in total. The summed E-state index contributed by atoms with van der Waals surface area (Å²) in [5.41, 5.74) is 0. The van der Waals surface area contributed by atoms with Crippen LogP contribution in [0.2, 0.25) is 0 Å². The molecule has 1 rings (SSSR count). The molecule has 0 amide bonds. The molecule has 0 N–H and O–H groups in total. The second kappa shape index (κ2) is 3.47. The molecule has 14 heavy (non-hydrogen) atoms. The minimum Gasteiger partial charge on any atom is -0.171 e. The highest BCUT2D eigenvalue weighted by Crippen LogP contribution is 2.46. The Kier molecular flexibility index (Phi) is 2.83. The summed E-state index contributed by atoms with van der Waals surface area (Å²) in [6, 6.07) is 0. The van der Waals surface area contributed by atoms with E-state index in [0.717, 1.165) is 12.2 Å². The fourth-order valence-electron chi connectivity index (χ4n) is 1.54. The van der Waals surface area contributed by atoms with E-state index in [0.29, 0.717) is 0 Å². The van der Waals surface area contributed by atoms with Crippen LogP contribution in [0.1, 0.15) is 12.8 Å². The van der Waals surface area contributed by atoms with E-state index in [4.69, 9.17) is 0 Å². The van der Waals surface area contributed by atoms with Crippen LogP contribution in [-0.4, -0.2) is 12.4 Å². The minimum atomic E-state index is -4.77. The third kappa shape index (κ3) is 2.42. The Labute approximate surface area is 76.6 Å². The molecule has 82 valence electrons. The largest absolute Gasteiger partial charge is 0.392 e. The second-order valence-electron chi connectivity index (χ2n) is 3.24. The van der Waals surface area contributed by atoms with Crippen LogP contribution in [0.25, 0.3) is 0 Å². The highest BCUT2D eigenvalue weighted by atomic mass is 19.4. The van der Waals surface area contributed by atoms with Crippen LogP contribution in [0.4, 0.5) is 26.3 Å². The number of rotatable bonds is 0. The van der Waals surface area contributed by atoms with E-state index in [2.05, 4.69) is 0 Å². The lowest BCUT2D eigenvalue weighted by Gasteiger charge is -2.31. The lowest BCUT2D eigenvalue weighted by Crippen LogP contribution is -2.39. The van der Waals surface area contributed by atoms with E-state index in [1.165, 1.54) is 0 Å². The summed E-state index contributed by atoms with van der Waals surface area (Å²) in [4.78, 5) is 0. The molecule has 1 aliphatic rings. The van der Waals surface area contributed by atoms with Crippen molar-refractivity contribution in [3.8, 4) is 0 Å². The Balaban J connectivity index is 2.87. The van der Waals surface area contributed by atoms with Crippen molar-refractivity contribution in [3.05, 3.63) is 12.2 Å². The average Bonchev–Trinajstić information content (AvgIpc) is 2.01. The number of allylic oxidation sites excluding steroid dienone is 2. The van der Waals surface area contributed by atoms with Gasteiger partial charge in [-0.1, -0.05) is 12.2 Å². The first-order valence-electron chi connectivity index (χ1n) is 4.01. The maximum absolute atomic E-state index is 12.2. The van der Waals surface area contributed by atoms with Gasteiger partial charge in [-0.25, -0.2) is 0 Å². The number of hydrogen-bond donors (Lipinski definition) is 0. The van der Waals surface area contributed by atoms with E-state index in [1.807, 2.05) is 0 Å². The van der Waals surface area contributed by atoms with Gasteiger partial charge in [0.15, 0.2) is 0 Å². The normalized spacial score (nSPS) is 29.3. The molecule has 0 aromatic rings. The van der Waals surface area contributed by atoms with E-state index in [1.54, 1.807) is 0 Å². The first-order chi connectivity index (χ1) is 6.23. The lowest BCUT2D eigenvalue weighted by atomic mass is 9.82. The summed E-state index contributed by atoms with van der Waals surface area (Å²) in [6.07, 6.45) is -8.39. The fourth-order valence-corrected chi connectivity index (χ4v) is 1.54. The zero-order valence-corrected chi connectivity index (χ0v) is 6.99. The molecular formula is C8H8F6. The summed E-state index contributed by atoms with van der Waals surface area (Å²) in [5, 5.41) is 0. The average molecular weight is 218 g/mol. The van der Waals surface area contributed by atoms with E-state index >= 15 is 0 Å². The van der Waals surface area contributed by atoms with Crippen molar-refractivity contribution >= 4 is 0 Å². The molecule has 0 aromatic carbocycles. The molecule has 0 saturated carbocycles. The highest BCUT2D eigenvalue weighted by molar-refractivity contribution is 4.98. The molecule has 0 heterocycles. The maximum Gasteiger partial charge on any atom is 0.392 e. The van der Waals surface area contributed by atoms with Crippen LogP contribution in [0.15, 0.2) is 12.2 Å². The van der Waals surface area contributed by atoms with Crippen LogP contribution in [0.3, 0.4) is 0 Å². The van der Waals surface area contributed by atoms with Crippen LogP contribution >= 0.6 is 0 Å². The lowest BCUT2D eigenvalue weighted by molar-refractivity contribution is -0.253. The predicted molar refractivity (Wildman–Crippen MR) is 37.5 cm³/mol. The van der Waals surface area contributed by atoms with Gasteiger partial charge in [-0.3, -0.25) is 0 Å². The Morgan fingerprint density at radius 2 is 1.00 bits per heavy atom. The van der Waals surface area contributed by atoms with Gasteiger partial charge in [0.2, 0.25) is 0 Å². The van der Waals surface area contributed by atoms with Gasteiger partial charge in [-0.05, 0) is 12.8 Å². The van der Waals surface area contributed by atoms with Crippen molar-refractivity contribution in [2.75, 3.05) is 0 Å². The molecule has 0 saturated heterocycles. The van der Waals surface area contributed by atoms with Gasteiger partial charge in [-0.15, -0.1) is 0 Å². The first-order valence-corrected chi connectivity index (χ1v) is 4.01. The van der Waals surface area contributed by atoms with Crippen molar-refractivity contribution < 1.29 is 26.3 Å². The Hall–Kier alpha value is -0.680. The zero-order chi connectivity index (χ0) is 11.0. The van der Waals surface area contributed by atoms with Crippen LogP contribution in [-0.2, 0) is 0 Å². The van der Waals surface area contributed by atoms with Crippen LogP contribution in [0.5, 0.6) is 0 Å². The summed E-state index contributed by atoms with van der Waals surface area (Å²) in [5.74, 6) is -4.57. The fraction of sp³-hybridized carbons (Fsp3) is 0.750. The summed E-state index contributed by atoms with van der Waals surface area (Å²) in [6.45, 7) is 0. The first kappa shape index (κ1) is 11.4. The standard InChI is InChI=1S/C8H8F6/c9-7(10,11)5-3-1-2-4-6(5)8(12,13)14/h1-2,5-6H,3-4H2. The van der Waals surface area contributed by atoms with E-state index < -0.39 is 37.0 Å². The maximum atomic E-state index is 12.2. The van der Waals surface area contributed by atoms with Crippen molar-refractivity contribution in [1.82, 2.24) is 0 Å². The Morgan fingerprint density at radius 1 is 0.714 bits per heavy atom. The molecule has 0 fully saturated rings. The zero-order valence-electron chi connectivity index (χ0n) is 6.99. The second-order valence-corrected chi connectivity index (χ2v) is 3.24. The third-order valence-electron chi connectivity index (χ3n) is 2.27. The molecule has 1 aliphatic carbocycles. The number of halogens is 6. The third-order valence-corrected chi connectivity index (χ3v) is 2.27. The highest BCUT2D eigenvalue weighted by Gasteiger charge is 2.54. The number of hydrogen-bond acceptors (Lipinski definition) is 0. The quantitative estimate of drug-likeness (QED) is 0.429. The van der Waals surface area contributed by atoms with Crippen molar-refractivity contribution in [2.45, 2.75) is 25.2 Å². The van der Waals surface area contributed by atoms with Crippen molar-refractivity contribution in [2.24, 2.45) is 11.8 Å².